The summed E-state index contributed by atoms with van der Waals surface area (Å²) in [5.74, 6) is 0. The Hall–Kier alpha value is -0.840. The van der Waals surface area contributed by atoms with Crippen LogP contribution in [-0.2, 0) is 0 Å². The fourth-order valence-corrected chi connectivity index (χ4v) is 3.84. The highest BCUT2D eigenvalue weighted by atomic mass is 15.2. The van der Waals surface area contributed by atoms with E-state index in [2.05, 4.69) is 39.1 Å². The molecule has 0 aliphatic carbocycles. The Kier molecular flexibility index (Phi) is 6.34. The molecule has 3 aliphatic rings. The maximum Gasteiger partial charge on any atom is 0.0383 e. The average molecular weight is 304 g/mol. The molecule has 0 saturated carbocycles. The van der Waals surface area contributed by atoms with E-state index in [0.29, 0.717) is 12.1 Å². The normalized spacial score (nSPS) is 29.2. The molecule has 3 aliphatic heterocycles. The van der Waals surface area contributed by atoms with Gasteiger partial charge in [0.2, 0.25) is 0 Å². The van der Waals surface area contributed by atoms with Crippen LogP contribution in [0.15, 0.2) is 23.9 Å². The summed E-state index contributed by atoms with van der Waals surface area (Å²) in [6.45, 7) is 6.79. The van der Waals surface area contributed by atoms with Crippen molar-refractivity contribution in [2.45, 2.75) is 50.6 Å². The molecule has 0 aromatic carbocycles. The third-order valence-electron chi connectivity index (χ3n) is 5.06. The van der Waals surface area contributed by atoms with E-state index in [1.165, 1.54) is 70.4 Å². The quantitative estimate of drug-likeness (QED) is 0.697. The molecule has 0 bridgehead atoms. The number of dihydropyridines is 1. The predicted octanol–water partition coefficient (Wildman–Crippen LogP) is 1.62. The van der Waals surface area contributed by atoms with Gasteiger partial charge in [0.05, 0.1) is 0 Å². The first-order chi connectivity index (χ1) is 10.9. The van der Waals surface area contributed by atoms with Crippen LogP contribution in [0.4, 0.5) is 0 Å². The van der Waals surface area contributed by atoms with Crippen molar-refractivity contribution in [3.8, 4) is 0 Å². The average Bonchev–Trinajstić information content (AvgIpc) is 2.57. The molecule has 4 nitrogen and oxygen atoms in total. The first-order valence-corrected chi connectivity index (χ1v) is 9.19. The Labute approximate surface area is 135 Å². The van der Waals surface area contributed by atoms with Crippen LogP contribution in [0.25, 0.3) is 0 Å². The minimum atomic E-state index is 0.678. The number of piperidine rings is 2. The van der Waals surface area contributed by atoms with Crippen LogP contribution in [0.5, 0.6) is 0 Å². The van der Waals surface area contributed by atoms with Gasteiger partial charge in [0.25, 0.3) is 0 Å². The lowest BCUT2D eigenvalue weighted by atomic mass is 10.0. The summed E-state index contributed by atoms with van der Waals surface area (Å²) in [6, 6.07) is 1.36. The fraction of sp³-hybridized carbons (Fsp3) is 0.778. The van der Waals surface area contributed by atoms with E-state index >= 15 is 0 Å². The van der Waals surface area contributed by atoms with Crippen molar-refractivity contribution in [2.24, 2.45) is 0 Å². The number of hydrogen-bond acceptors (Lipinski definition) is 4. The van der Waals surface area contributed by atoms with Gasteiger partial charge in [0.15, 0.2) is 0 Å². The van der Waals surface area contributed by atoms with Gasteiger partial charge in [-0.3, -0.25) is 4.90 Å². The second kappa shape index (κ2) is 8.70. The lowest BCUT2D eigenvalue weighted by Crippen LogP contribution is -2.50. The van der Waals surface area contributed by atoms with E-state index in [0.717, 1.165) is 13.1 Å². The Balaban J connectivity index is 1.55. The Morgan fingerprint density at radius 3 is 2.14 bits per heavy atom. The molecule has 2 atom stereocenters. The molecule has 2 saturated heterocycles. The van der Waals surface area contributed by atoms with Gasteiger partial charge >= 0.3 is 0 Å². The third kappa shape index (κ3) is 5.11. The van der Waals surface area contributed by atoms with Crippen molar-refractivity contribution < 1.29 is 0 Å². The maximum absolute atomic E-state index is 3.71. The highest BCUT2D eigenvalue weighted by molar-refractivity contribution is 5.18. The molecule has 3 N–H and O–H groups in total. The molecule has 0 aromatic heterocycles. The summed E-state index contributed by atoms with van der Waals surface area (Å²) in [5.41, 5.74) is 1.37. The third-order valence-corrected chi connectivity index (χ3v) is 5.06. The van der Waals surface area contributed by atoms with Crippen LogP contribution in [0.3, 0.4) is 0 Å². The zero-order chi connectivity index (χ0) is 15.0. The molecule has 0 spiro atoms. The van der Waals surface area contributed by atoms with Gasteiger partial charge < -0.3 is 16.0 Å². The van der Waals surface area contributed by atoms with Gasteiger partial charge in [-0.25, -0.2) is 0 Å². The van der Waals surface area contributed by atoms with Crippen LogP contribution in [0, 0.1) is 0 Å². The zero-order valence-electron chi connectivity index (χ0n) is 13.8. The van der Waals surface area contributed by atoms with Gasteiger partial charge in [0.1, 0.15) is 0 Å². The van der Waals surface area contributed by atoms with Crippen LogP contribution in [-0.4, -0.2) is 56.3 Å². The molecule has 0 amide bonds. The number of nitrogens with one attached hydrogen (secondary N) is 3. The summed E-state index contributed by atoms with van der Waals surface area (Å²) in [6.07, 6.45) is 14.7. The van der Waals surface area contributed by atoms with Crippen molar-refractivity contribution in [1.29, 1.82) is 0 Å². The second-order valence-electron chi connectivity index (χ2n) is 6.99. The Morgan fingerprint density at radius 2 is 1.64 bits per heavy atom. The van der Waals surface area contributed by atoms with Crippen LogP contribution < -0.4 is 16.0 Å². The molecule has 0 aromatic rings. The summed E-state index contributed by atoms with van der Waals surface area (Å²) < 4.78 is 0. The minimum absolute atomic E-state index is 0.678. The zero-order valence-corrected chi connectivity index (χ0v) is 13.8. The van der Waals surface area contributed by atoms with Crippen LogP contribution in [0.2, 0.25) is 0 Å². The Bertz CT molecular complexity index is 359. The minimum Gasteiger partial charge on any atom is -0.384 e. The first-order valence-electron chi connectivity index (χ1n) is 9.19. The molecule has 22 heavy (non-hydrogen) atoms. The summed E-state index contributed by atoms with van der Waals surface area (Å²) in [5, 5.41) is 10.9. The van der Waals surface area contributed by atoms with E-state index in [1.54, 1.807) is 0 Å². The van der Waals surface area contributed by atoms with E-state index < -0.39 is 0 Å². The van der Waals surface area contributed by atoms with E-state index in [9.17, 15) is 0 Å². The van der Waals surface area contributed by atoms with Crippen LogP contribution >= 0.6 is 0 Å². The summed E-state index contributed by atoms with van der Waals surface area (Å²) in [7, 11) is 0. The second-order valence-corrected chi connectivity index (χ2v) is 6.99. The molecule has 3 rings (SSSR count). The lowest BCUT2D eigenvalue weighted by Gasteiger charge is -2.35. The largest absolute Gasteiger partial charge is 0.384 e. The molecular weight excluding hydrogens is 272 g/mol. The van der Waals surface area contributed by atoms with Gasteiger partial charge in [-0.2, -0.15) is 0 Å². The van der Waals surface area contributed by atoms with Crippen molar-refractivity contribution in [3.63, 3.8) is 0 Å². The molecule has 0 radical (unpaired) electrons. The fourth-order valence-electron chi connectivity index (χ4n) is 3.84. The molecular formula is C18H32N4. The molecule has 3 heterocycles. The Morgan fingerprint density at radius 1 is 0.955 bits per heavy atom. The van der Waals surface area contributed by atoms with Gasteiger partial charge in [-0.15, -0.1) is 0 Å². The highest BCUT2D eigenvalue weighted by Crippen LogP contribution is 2.13. The van der Waals surface area contributed by atoms with Gasteiger partial charge in [-0.05, 0) is 44.8 Å². The number of hydrogen-bond donors (Lipinski definition) is 3. The van der Waals surface area contributed by atoms with Crippen molar-refractivity contribution in [3.05, 3.63) is 23.9 Å². The predicted molar refractivity (Wildman–Crippen MR) is 92.9 cm³/mol. The van der Waals surface area contributed by atoms with Crippen molar-refractivity contribution in [2.75, 3.05) is 39.3 Å². The van der Waals surface area contributed by atoms with Crippen LogP contribution in [0.1, 0.15) is 38.5 Å². The standard InChI is InChI=1S/C18H32N4/c1-4-10-19-16(7-1)13-22(14-17-8-2-5-11-20-17)15-18-9-3-6-12-21-18/h1,4,7,17-21H,2-3,5-6,8-15H2. The summed E-state index contributed by atoms with van der Waals surface area (Å²) >= 11 is 0. The van der Waals surface area contributed by atoms with Crippen molar-refractivity contribution in [1.82, 2.24) is 20.9 Å². The highest BCUT2D eigenvalue weighted by Gasteiger charge is 2.21. The number of nitrogens with zero attached hydrogens (tertiary/aromatic N) is 1. The monoisotopic (exact) mass is 304 g/mol. The maximum atomic E-state index is 3.71. The van der Waals surface area contributed by atoms with E-state index in [1.807, 2.05) is 0 Å². The molecule has 124 valence electrons. The van der Waals surface area contributed by atoms with Gasteiger partial charge in [0, 0.05) is 44.0 Å². The lowest BCUT2D eigenvalue weighted by molar-refractivity contribution is 0.202. The number of allylic oxidation sites excluding steroid dienone is 2. The van der Waals surface area contributed by atoms with E-state index in [-0.39, 0.29) is 0 Å². The van der Waals surface area contributed by atoms with Gasteiger partial charge in [-0.1, -0.05) is 25.0 Å². The van der Waals surface area contributed by atoms with Crippen molar-refractivity contribution >= 4 is 0 Å². The molecule has 4 heteroatoms. The summed E-state index contributed by atoms with van der Waals surface area (Å²) in [4.78, 5) is 2.66. The molecule has 2 unspecified atom stereocenters. The molecule has 2 fully saturated rings. The topological polar surface area (TPSA) is 39.3 Å². The number of rotatable bonds is 6. The van der Waals surface area contributed by atoms with E-state index in [4.69, 9.17) is 0 Å². The smallest absolute Gasteiger partial charge is 0.0383 e. The first kappa shape index (κ1) is 16.0. The SMILES string of the molecule is C1=CCNC(CN(CC2CCCCN2)CC2CCCCN2)=C1.